The molecule has 126 valence electrons. The Hall–Kier alpha value is -2.93. The zero-order valence-electron chi connectivity index (χ0n) is 13.6. The van der Waals surface area contributed by atoms with Crippen LogP contribution < -0.4 is 0 Å². The fourth-order valence-corrected chi connectivity index (χ4v) is 3.68. The molecule has 0 aromatic heterocycles. The molecule has 0 atom stereocenters. The molecule has 6 nitrogen and oxygen atoms in total. The molecule has 0 amide bonds. The fourth-order valence-electron chi connectivity index (χ4n) is 2.59. The highest BCUT2D eigenvalue weighted by Gasteiger charge is 2.33. The summed E-state index contributed by atoms with van der Waals surface area (Å²) in [5, 5.41) is 10.8. The number of nitro groups is 1. The lowest BCUT2D eigenvalue weighted by atomic mass is 9.92. The van der Waals surface area contributed by atoms with Gasteiger partial charge >= 0.3 is 0 Å². The van der Waals surface area contributed by atoms with Crippen LogP contribution in [-0.2, 0) is 0 Å². The van der Waals surface area contributed by atoms with E-state index in [1.807, 2.05) is 0 Å². The summed E-state index contributed by atoms with van der Waals surface area (Å²) in [5.74, 6) is -0.424. The van der Waals surface area contributed by atoms with Crippen molar-refractivity contribution in [2.24, 2.45) is 0 Å². The van der Waals surface area contributed by atoms with Crippen LogP contribution in [0, 0.1) is 10.1 Å². The van der Waals surface area contributed by atoms with Gasteiger partial charge in [-0.05, 0) is 12.1 Å². The highest BCUT2D eigenvalue weighted by molar-refractivity contribution is 8.04. The third kappa shape index (κ3) is 3.06. The van der Waals surface area contributed by atoms with E-state index in [0.29, 0.717) is 26.6 Å². The summed E-state index contributed by atoms with van der Waals surface area (Å²) in [7, 11) is 3.43. The van der Waals surface area contributed by atoms with Gasteiger partial charge in [-0.15, -0.1) is 0 Å². The van der Waals surface area contributed by atoms with Crippen LogP contribution in [0.5, 0.6) is 0 Å². The predicted molar refractivity (Wildman–Crippen MR) is 94.8 cm³/mol. The molecule has 0 unspecified atom stereocenters. The van der Waals surface area contributed by atoms with E-state index in [2.05, 4.69) is 0 Å². The normalized spacial score (nSPS) is 13.7. The number of rotatable bonds is 4. The van der Waals surface area contributed by atoms with E-state index in [1.54, 1.807) is 55.4 Å². The van der Waals surface area contributed by atoms with Crippen LogP contribution in [-0.4, -0.2) is 35.5 Å². The summed E-state index contributed by atoms with van der Waals surface area (Å²) in [6.45, 7) is 0. The lowest BCUT2D eigenvalue weighted by Gasteiger charge is -2.25. The maximum absolute atomic E-state index is 12.9. The van der Waals surface area contributed by atoms with Crippen LogP contribution in [0.25, 0.3) is 0 Å². The standard InChI is InChI=1S/C18H14N2O4S/c1-19(2)15-16(21)13-5-3-4-6-14(13)17(22)18(15)25-12-9-7-11(8-10-12)20(23)24/h3-10H,1-2H3. The van der Waals surface area contributed by atoms with E-state index in [0.717, 1.165) is 11.8 Å². The maximum Gasteiger partial charge on any atom is 0.269 e. The van der Waals surface area contributed by atoms with Gasteiger partial charge in [-0.2, -0.15) is 0 Å². The van der Waals surface area contributed by atoms with Crippen molar-refractivity contribution in [3.8, 4) is 0 Å². The molecule has 0 saturated carbocycles. The largest absolute Gasteiger partial charge is 0.373 e. The summed E-state index contributed by atoms with van der Waals surface area (Å²) in [6, 6.07) is 12.6. The first-order valence-corrected chi connectivity index (χ1v) is 8.24. The van der Waals surface area contributed by atoms with Crippen LogP contribution in [0.1, 0.15) is 20.7 Å². The van der Waals surface area contributed by atoms with E-state index in [4.69, 9.17) is 0 Å². The van der Waals surface area contributed by atoms with Gasteiger partial charge in [0.05, 0.1) is 9.83 Å². The molecule has 0 saturated heterocycles. The average Bonchev–Trinajstić information content (AvgIpc) is 2.59. The van der Waals surface area contributed by atoms with Gasteiger partial charge in [0.1, 0.15) is 5.70 Å². The molecule has 7 heteroatoms. The van der Waals surface area contributed by atoms with Crippen LogP contribution in [0.2, 0.25) is 0 Å². The predicted octanol–water partition coefficient (Wildman–Crippen LogP) is 3.54. The lowest BCUT2D eigenvalue weighted by molar-refractivity contribution is -0.384. The Bertz CT molecular complexity index is 917. The van der Waals surface area contributed by atoms with Crippen LogP contribution in [0.4, 0.5) is 5.69 Å². The van der Waals surface area contributed by atoms with Crippen LogP contribution in [0.15, 0.2) is 64.0 Å². The fraction of sp³-hybridized carbons (Fsp3) is 0.111. The Morgan fingerprint density at radius 2 is 1.48 bits per heavy atom. The van der Waals surface area contributed by atoms with Crippen LogP contribution >= 0.6 is 11.8 Å². The van der Waals surface area contributed by atoms with E-state index >= 15 is 0 Å². The Morgan fingerprint density at radius 3 is 2.00 bits per heavy atom. The molecule has 0 fully saturated rings. The number of hydrogen-bond acceptors (Lipinski definition) is 6. The van der Waals surface area contributed by atoms with Gasteiger partial charge in [0, 0.05) is 42.3 Å². The Morgan fingerprint density at radius 1 is 0.920 bits per heavy atom. The highest BCUT2D eigenvalue weighted by atomic mass is 32.2. The van der Waals surface area contributed by atoms with E-state index in [-0.39, 0.29) is 17.3 Å². The Kier molecular flexibility index (Phi) is 4.41. The molecule has 2 aromatic carbocycles. The smallest absolute Gasteiger partial charge is 0.269 e. The van der Waals surface area contributed by atoms with Crippen molar-refractivity contribution < 1.29 is 14.5 Å². The van der Waals surface area contributed by atoms with Crippen molar-refractivity contribution in [2.75, 3.05) is 14.1 Å². The van der Waals surface area contributed by atoms with Crippen molar-refractivity contribution >= 4 is 29.0 Å². The number of benzene rings is 2. The number of thioether (sulfide) groups is 1. The third-order valence-corrected chi connectivity index (χ3v) is 4.86. The molecule has 0 bridgehead atoms. The molecule has 0 radical (unpaired) electrons. The molecular weight excluding hydrogens is 340 g/mol. The molecule has 2 aromatic rings. The number of allylic oxidation sites excluding steroid dienone is 2. The van der Waals surface area contributed by atoms with Crippen molar-refractivity contribution in [3.63, 3.8) is 0 Å². The van der Waals surface area contributed by atoms with Gasteiger partial charge in [-0.25, -0.2) is 0 Å². The van der Waals surface area contributed by atoms with Gasteiger partial charge in [-0.1, -0.05) is 36.0 Å². The second-order valence-corrected chi connectivity index (χ2v) is 6.71. The molecule has 1 aliphatic rings. The van der Waals surface area contributed by atoms with Crippen molar-refractivity contribution in [1.82, 2.24) is 4.90 Å². The first kappa shape index (κ1) is 16.9. The van der Waals surface area contributed by atoms with Crippen molar-refractivity contribution in [1.29, 1.82) is 0 Å². The van der Waals surface area contributed by atoms with E-state index in [9.17, 15) is 19.7 Å². The monoisotopic (exact) mass is 354 g/mol. The molecule has 3 rings (SSSR count). The minimum Gasteiger partial charge on any atom is -0.373 e. The number of non-ortho nitro benzene ring substituents is 1. The van der Waals surface area contributed by atoms with Gasteiger partial charge in [-0.3, -0.25) is 19.7 Å². The number of hydrogen-bond donors (Lipinski definition) is 0. The van der Waals surface area contributed by atoms with Gasteiger partial charge < -0.3 is 4.90 Å². The van der Waals surface area contributed by atoms with E-state index < -0.39 is 4.92 Å². The quantitative estimate of drug-likeness (QED) is 0.617. The Labute approximate surface area is 148 Å². The number of ketones is 2. The first-order valence-electron chi connectivity index (χ1n) is 7.42. The summed E-state index contributed by atoms with van der Waals surface area (Å²) < 4.78 is 0. The van der Waals surface area contributed by atoms with E-state index in [1.165, 1.54) is 12.1 Å². The number of nitro benzene ring substituents is 1. The summed E-state index contributed by atoms with van der Waals surface area (Å²) in [5.41, 5.74) is 1.07. The number of fused-ring (bicyclic) bond motifs is 1. The molecule has 0 aliphatic heterocycles. The number of carbonyl (C=O) groups excluding carboxylic acids is 2. The Balaban J connectivity index is 2.05. The first-order chi connectivity index (χ1) is 11.9. The molecule has 0 N–H and O–H groups in total. The highest BCUT2D eigenvalue weighted by Crippen LogP contribution is 2.38. The number of Topliss-reactive ketones (excluding diaryl/α,β-unsaturated/α-hetero) is 2. The van der Waals surface area contributed by atoms with Crippen LogP contribution in [0.3, 0.4) is 0 Å². The number of likely N-dealkylation sites (N-methyl/N-ethyl adjacent to an activating group) is 1. The number of nitrogens with zero attached hydrogens (tertiary/aromatic N) is 2. The second kappa shape index (κ2) is 6.52. The molecule has 25 heavy (non-hydrogen) atoms. The van der Waals surface area contributed by atoms with Gasteiger partial charge in [0.2, 0.25) is 11.6 Å². The minimum atomic E-state index is -0.482. The second-order valence-electron chi connectivity index (χ2n) is 5.63. The molecule has 0 spiro atoms. The summed E-state index contributed by atoms with van der Waals surface area (Å²) in [4.78, 5) is 38.6. The summed E-state index contributed by atoms with van der Waals surface area (Å²) in [6.07, 6.45) is 0. The molecular formula is C18H14N2O4S. The minimum absolute atomic E-state index is 0.0254. The van der Waals surface area contributed by atoms with Crippen molar-refractivity contribution in [3.05, 3.63) is 80.4 Å². The van der Waals surface area contributed by atoms with Gasteiger partial charge in [0.25, 0.3) is 5.69 Å². The third-order valence-electron chi connectivity index (χ3n) is 3.77. The molecule has 0 heterocycles. The molecule has 1 aliphatic carbocycles. The zero-order chi connectivity index (χ0) is 18.1. The van der Waals surface area contributed by atoms with Crippen molar-refractivity contribution in [2.45, 2.75) is 4.90 Å². The van der Waals surface area contributed by atoms with Gasteiger partial charge in [0.15, 0.2) is 0 Å². The topological polar surface area (TPSA) is 80.5 Å². The summed E-state index contributed by atoms with van der Waals surface area (Å²) >= 11 is 1.14. The zero-order valence-corrected chi connectivity index (χ0v) is 14.4. The average molecular weight is 354 g/mol. The number of carbonyl (C=O) groups is 2. The lowest BCUT2D eigenvalue weighted by Crippen LogP contribution is -2.29. The SMILES string of the molecule is CN(C)C1=C(Sc2ccc([N+](=O)[O-])cc2)C(=O)c2ccccc2C1=O. The maximum atomic E-state index is 12.9.